The summed E-state index contributed by atoms with van der Waals surface area (Å²) in [6, 6.07) is 8.97. The molecule has 15 nitrogen and oxygen atoms in total. The van der Waals surface area contributed by atoms with Crippen molar-refractivity contribution in [2.45, 2.75) is 103 Å². The van der Waals surface area contributed by atoms with Gasteiger partial charge in [0.1, 0.15) is 37.6 Å². The van der Waals surface area contributed by atoms with Gasteiger partial charge in [-0.05, 0) is 5.56 Å². The van der Waals surface area contributed by atoms with Gasteiger partial charge in [0, 0.05) is 41.0 Å². The van der Waals surface area contributed by atoms with E-state index in [0.29, 0.717) is 0 Å². The van der Waals surface area contributed by atoms with Crippen molar-refractivity contribution in [3.05, 3.63) is 35.9 Å². The Morgan fingerprint density at radius 3 is 1.91 bits per heavy atom. The van der Waals surface area contributed by atoms with E-state index in [-0.39, 0.29) is 19.6 Å². The van der Waals surface area contributed by atoms with Crippen LogP contribution in [0.25, 0.3) is 0 Å². The Kier molecular flexibility index (Phi) is 13.0. The van der Waals surface area contributed by atoms with Crippen molar-refractivity contribution >= 4 is 29.8 Å². The normalized spacial score (nSPS) is 30.0. The third-order valence-corrected chi connectivity index (χ3v) is 6.49. The van der Waals surface area contributed by atoms with Crippen molar-refractivity contribution in [2.75, 3.05) is 13.2 Å². The SMILES string of the molecule is CC(=O)OC[C@H]1C[C@H](OC(C)=O)[C@H](O[C@H]2O[C@H](COC(C)=O)[C@@H](OC(C)=O)[C@H](OCc3ccccc3)[C@@H]2OC(C)=O)[C@@H](O)O1. The van der Waals surface area contributed by atoms with E-state index >= 15 is 0 Å². The van der Waals surface area contributed by atoms with Crippen LogP contribution in [0.1, 0.15) is 46.6 Å². The predicted molar refractivity (Wildman–Crippen MR) is 144 cm³/mol. The predicted octanol–water partition coefficient (Wildman–Crippen LogP) is 0.711. The molecule has 15 heteroatoms. The van der Waals surface area contributed by atoms with Crippen LogP contribution in [-0.2, 0) is 73.2 Å². The van der Waals surface area contributed by atoms with Crippen LogP contribution < -0.4 is 0 Å². The van der Waals surface area contributed by atoms with Gasteiger partial charge in [-0.1, -0.05) is 30.3 Å². The highest BCUT2D eigenvalue weighted by Gasteiger charge is 2.54. The molecule has 9 atom stereocenters. The van der Waals surface area contributed by atoms with E-state index in [9.17, 15) is 29.1 Å². The lowest BCUT2D eigenvalue weighted by molar-refractivity contribution is -0.355. The molecule has 0 unspecified atom stereocenters. The first-order valence-electron chi connectivity index (χ1n) is 13.9. The highest BCUT2D eigenvalue weighted by atomic mass is 16.8. The summed E-state index contributed by atoms with van der Waals surface area (Å²) in [4.78, 5) is 59.4. The molecular formula is C29H38O15. The van der Waals surface area contributed by atoms with Gasteiger partial charge in [-0.15, -0.1) is 0 Å². The number of aliphatic hydroxyl groups excluding tert-OH is 1. The fourth-order valence-electron chi connectivity index (χ4n) is 4.79. The van der Waals surface area contributed by atoms with Crippen LogP contribution in [0, 0.1) is 0 Å². The smallest absolute Gasteiger partial charge is 0.303 e. The Morgan fingerprint density at radius 2 is 1.32 bits per heavy atom. The Hall–Kier alpha value is -3.63. The maximum Gasteiger partial charge on any atom is 0.303 e. The topological polar surface area (TPSA) is 189 Å². The van der Waals surface area contributed by atoms with Gasteiger partial charge in [-0.3, -0.25) is 24.0 Å². The van der Waals surface area contributed by atoms with E-state index in [1.54, 1.807) is 24.3 Å². The van der Waals surface area contributed by atoms with Crippen LogP contribution >= 0.6 is 0 Å². The van der Waals surface area contributed by atoms with E-state index in [2.05, 4.69) is 0 Å². The largest absolute Gasteiger partial charge is 0.463 e. The first kappa shape index (κ1) is 34.9. The zero-order chi connectivity index (χ0) is 32.4. The lowest BCUT2D eigenvalue weighted by Crippen LogP contribution is -2.64. The van der Waals surface area contributed by atoms with Crippen molar-refractivity contribution in [3.63, 3.8) is 0 Å². The molecule has 0 amide bonds. The summed E-state index contributed by atoms with van der Waals surface area (Å²) in [5, 5.41) is 10.9. The first-order chi connectivity index (χ1) is 20.8. The molecule has 0 aromatic heterocycles. The summed E-state index contributed by atoms with van der Waals surface area (Å²) < 4.78 is 50.5. The summed E-state index contributed by atoms with van der Waals surface area (Å²) in [7, 11) is 0. The first-order valence-corrected chi connectivity index (χ1v) is 13.9. The number of carbonyl (C=O) groups excluding carboxylic acids is 5. The Labute approximate surface area is 253 Å². The van der Waals surface area contributed by atoms with Crippen LogP contribution in [0.15, 0.2) is 30.3 Å². The second-order valence-corrected chi connectivity index (χ2v) is 10.2. The molecule has 1 aromatic rings. The lowest BCUT2D eigenvalue weighted by atomic mass is 9.97. The molecular weight excluding hydrogens is 588 g/mol. The molecule has 0 aliphatic carbocycles. The maximum atomic E-state index is 12.3. The Bertz CT molecular complexity index is 1140. The molecule has 0 saturated carbocycles. The molecule has 44 heavy (non-hydrogen) atoms. The lowest BCUT2D eigenvalue weighted by Gasteiger charge is -2.47. The summed E-state index contributed by atoms with van der Waals surface area (Å²) in [5.74, 6) is -3.41. The van der Waals surface area contributed by atoms with Gasteiger partial charge in [-0.25, -0.2) is 0 Å². The molecule has 1 N–H and O–H groups in total. The maximum absolute atomic E-state index is 12.3. The van der Waals surface area contributed by atoms with E-state index in [1.807, 2.05) is 6.07 Å². The molecule has 2 aliphatic rings. The fraction of sp³-hybridized carbons (Fsp3) is 0.621. The van der Waals surface area contributed by atoms with Crippen LogP contribution in [0.3, 0.4) is 0 Å². The van der Waals surface area contributed by atoms with Crippen LogP contribution in [0.4, 0.5) is 0 Å². The minimum atomic E-state index is -1.72. The monoisotopic (exact) mass is 626 g/mol. The van der Waals surface area contributed by atoms with Gasteiger partial charge in [0.05, 0.1) is 12.7 Å². The minimum Gasteiger partial charge on any atom is -0.463 e. The second-order valence-electron chi connectivity index (χ2n) is 10.2. The zero-order valence-corrected chi connectivity index (χ0v) is 25.1. The number of benzene rings is 1. The summed E-state index contributed by atoms with van der Waals surface area (Å²) in [6.45, 7) is 5.18. The number of carbonyl (C=O) groups is 5. The zero-order valence-electron chi connectivity index (χ0n) is 25.1. The highest BCUT2D eigenvalue weighted by Crippen LogP contribution is 2.34. The number of hydrogen-bond donors (Lipinski definition) is 1. The van der Waals surface area contributed by atoms with Gasteiger partial charge >= 0.3 is 29.8 Å². The summed E-state index contributed by atoms with van der Waals surface area (Å²) >= 11 is 0. The number of esters is 5. The van der Waals surface area contributed by atoms with Crippen LogP contribution in [0.2, 0.25) is 0 Å². The van der Waals surface area contributed by atoms with Gasteiger partial charge in [0.15, 0.2) is 24.8 Å². The molecule has 2 aliphatic heterocycles. The molecule has 0 bridgehead atoms. The molecule has 244 valence electrons. The number of hydrogen-bond acceptors (Lipinski definition) is 15. The number of ether oxygens (including phenoxy) is 9. The fourth-order valence-corrected chi connectivity index (χ4v) is 4.79. The molecule has 2 heterocycles. The quantitative estimate of drug-likeness (QED) is 0.252. The Balaban J connectivity index is 1.97. The van der Waals surface area contributed by atoms with Gasteiger partial charge in [-0.2, -0.15) is 0 Å². The van der Waals surface area contributed by atoms with Crippen molar-refractivity contribution in [1.29, 1.82) is 0 Å². The standard InChI is InChI=1S/C29H38O15/c1-15(30)36-13-21-11-22(39-17(3)32)25(28(35)42-21)44-29-27(41-19(5)34)26(38-12-20-9-7-6-8-10-20)24(40-18(4)33)23(43-29)14-37-16(2)31/h6-10,21-29,35H,11-14H2,1-5H3/t21-,22+,23-,24-,25+,26+,27+,28+,29-/m1/s1. The average molecular weight is 627 g/mol. The second kappa shape index (κ2) is 16.4. The number of rotatable bonds is 12. The van der Waals surface area contributed by atoms with Crippen molar-refractivity contribution in [3.8, 4) is 0 Å². The van der Waals surface area contributed by atoms with Crippen molar-refractivity contribution < 1.29 is 71.7 Å². The van der Waals surface area contributed by atoms with E-state index in [1.165, 1.54) is 13.8 Å². The number of aliphatic hydroxyl groups is 1. The van der Waals surface area contributed by atoms with Gasteiger partial charge < -0.3 is 47.7 Å². The molecule has 1 aromatic carbocycles. The van der Waals surface area contributed by atoms with Crippen LogP contribution in [-0.4, -0.2) is 103 Å². The third kappa shape index (κ3) is 10.5. The molecule has 2 fully saturated rings. The van der Waals surface area contributed by atoms with Gasteiger partial charge in [0.25, 0.3) is 0 Å². The van der Waals surface area contributed by atoms with Crippen LogP contribution in [0.5, 0.6) is 0 Å². The Morgan fingerprint density at radius 1 is 0.727 bits per heavy atom. The van der Waals surface area contributed by atoms with Gasteiger partial charge in [0.2, 0.25) is 0 Å². The molecule has 2 saturated heterocycles. The average Bonchev–Trinajstić information content (AvgIpc) is 2.93. The molecule has 3 rings (SSSR count). The summed E-state index contributed by atoms with van der Waals surface area (Å²) in [5.41, 5.74) is 0.737. The third-order valence-electron chi connectivity index (χ3n) is 6.49. The molecule has 0 radical (unpaired) electrons. The van der Waals surface area contributed by atoms with E-state index in [4.69, 9.17) is 42.6 Å². The minimum absolute atomic E-state index is 0.0168. The van der Waals surface area contributed by atoms with Crippen molar-refractivity contribution in [2.24, 2.45) is 0 Å². The highest BCUT2D eigenvalue weighted by molar-refractivity contribution is 5.68. The van der Waals surface area contributed by atoms with E-state index in [0.717, 1.165) is 26.3 Å². The van der Waals surface area contributed by atoms with E-state index < -0.39 is 91.8 Å². The summed E-state index contributed by atoms with van der Waals surface area (Å²) in [6.07, 6.45) is -11.7. The van der Waals surface area contributed by atoms with Crippen molar-refractivity contribution in [1.82, 2.24) is 0 Å². The molecule has 0 spiro atoms.